The number of aromatic carboxylic acids is 1. The predicted octanol–water partition coefficient (Wildman–Crippen LogP) is 2.24. The van der Waals surface area contributed by atoms with Crippen molar-refractivity contribution in [3.63, 3.8) is 0 Å². The van der Waals surface area contributed by atoms with Gasteiger partial charge in [0.05, 0.1) is 14.9 Å². The van der Waals surface area contributed by atoms with Gasteiger partial charge in [-0.05, 0) is 25.0 Å². The minimum absolute atomic E-state index is 0.0394. The second-order valence-corrected chi connectivity index (χ2v) is 6.26. The summed E-state index contributed by atoms with van der Waals surface area (Å²) >= 11 is 7.32. The van der Waals surface area contributed by atoms with Gasteiger partial charge in [0.1, 0.15) is 0 Å². The number of thiophene rings is 1. The second kappa shape index (κ2) is 4.63. The smallest absolute Gasteiger partial charge is 0.356 e. The van der Waals surface area contributed by atoms with Crippen LogP contribution in [-0.4, -0.2) is 26.7 Å². The molecule has 7 heteroatoms. The number of aromatic nitrogens is 2. The SMILES string of the molecule is NC1CCc2c(C(=O)O)nc(-c3ccc(Cl)s3)n2C1. The first-order chi connectivity index (χ1) is 9.06. The molecule has 3 rings (SSSR count). The fraction of sp³-hybridized carbons (Fsp3) is 0.333. The van der Waals surface area contributed by atoms with Gasteiger partial charge < -0.3 is 15.4 Å². The number of nitrogens with two attached hydrogens (primary N) is 1. The lowest BCUT2D eigenvalue weighted by Crippen LogP contribution is -2.32. The first kappa shape index (κ1) is 12.7. The van der Waals surface area contributed by atoms with Gasteiger partial charge in [-0.2, -0.15) is 0 Å². The number of hydrogen-bond donors (Lipinski definition) is 2. The van der Waals surface area contributed by atoms with Crippen molar-refractivity contribution in [1.82, 2.24) is 9.55 Å². The molecule has 0 aromatic carbocycles. The van der Waals surface area contributed by atoms with Gasteiger partial charge in [0.25, 0.3) is 0 Å². The van der Waals surface area contributed by atoms with E-state index in [9.17, 15) is 9.90 Å². The molecule has 0 fully saturated rings. The molecule has 100 valence electrons. The number of carboxylic acid groups (broad SMARTS) is 1. The second-order valence-electron chi connectivity index (χ2n) is 4.55. The predicted molar refractivity (Wildman–Crippen MR) is 73.8 cm³/mol. The largest absolute Gasteiger partial charge is 0.476 e. The number of fused-ring (bicyclic) bond motifs is 1. The molecule has 5 nitrogen and oxygen atoms in total. The molecule has 3 N–H and O–H groups in total. The molecule has 0 saturated carbocycles. The summed E-state index contributed by atoms with van der Waals surface area (Å²) in [6, 6.07) is 3.68. The highest BCUT2D eigenvalue weighted by Gasteiger charge is 2.27. The Morgan fingerprint density at radius 2 is 2.37 bits per heavy atom. The van der Waals surface area contributed by atoms with Crippen molar-refractivity contribution < 1.29 is 9.90 Å². The van der Waals surface area contributed by atoms with Crippen LogP contribution in [0.4, 0.5) is 0 Å². The van der Waals surface area contributed by atoms with Gasteiger partial charge >= 0.3 is 5.97 Å². The quantitative estimate of drug-likeness (QED) is 0.890. The minimum Gasteiger partial charge on any atom is -0.476 e. The number of nitrogens with zero attached hydrogens (tertiary/aromatic N) is 2. The van der Waals surface area contributed by atoms with Crippen molar-refractivity contribution in [3.05, 3.63) is 27.9 Å². The molecule has 2 aromatic heterocycles. The molecule has 0 bridgehead atoms. The van der Waals surface area contributed by atoms with Crippen molar-refractivity contribution in [2.45, 2.75) is 25.4 Å². The summed E-state index contributed by atoms with van der Waals surface area (Å²) in [5, 5.41) is 9.24. The van der Waals surface area contributed by atoms with Crippen LogP contribution in [0.25, 0.3) is 10.7 Å². The molecule has 0 saturated heterocycles. The van der Waals surface area contributed by atoms with Crippen LogP contribution in [0.15, 0.2) is 12.1 Å². The van der Waals surface area contributed by atoms with Crippen LogP contribution in [0.1, 0.15) is 22.6 Å². The van der Waals surface area contributed by atoms with E-state index in [2.05, 4.69) is 4.98 Å². The Balaban J connectivity index is 2.17. The zero-order valence-electron chi connectivity index (χ0n) is 9.97. The third-order valence-corrected chi connectivity index (χ3v) is 4.46. The van der Waals surface area contributed by atoms with E-state index in [-0.39, 0.29) is 11.7 Å². The van der Waals surface area contributed by atoms with Gasteiger partial charge in [-0.3, -0.25) is 0 Å². The van der Waals surface area contributed by atoms with Crippen molar-refractivity contribution in [2.75, 3.05) is 0 Å². The number of halogens is 1. The lowest BCUT2D eigenvalue weighted by atomic mass is 10.0. The van der Waals surface area contributed by atoms with Gasteiger partial charge in [0.15, 0.2) is 11.5 Å². The number of imidazole rings is 1. The number of carboxylic acids is 1. The van der Waals surface area contributed by atoms with E-state index in [1.165, 1.54) is 11.3 Å². The Kier molecular flexibility index (Phi) is 3.08. The molecule has 0 radical (unpaired) electrons. The number of hydrogen-bond acceptors (Lipinski definition) is 4. The lowest BCUT2D eigenvalue weighted by molar-refractivity contribution is 0.0689. The summed E-state index contributed by atoms with van der Waals surface area (Å²) < 4.78 is 2.57. The average molecular weight is 298 g/mol. The maximum atomic E-state index is 11.3. The van der Waals surface area contributed by atoms with E-state index in [0.29, 0.717) is 23.1 Å². The van der Waals surface area contributed by atoms with Crippen molar-refractivity contribution >= 4 is 28.9 Å². The zero-order chi connectivity index (χ0) is 13.6. The average Bonchev–Trinajstić information content (AvgIpc) is 2.92. The van der Waals surface area contributed by atoms with Crippen molar-refractivity contribution in [3.8, 4) is 10.7 Å². The molecule has 1 aliphatic rings. The molecule has 1 atom stereocenters. The molecule has 1 aliphatic heterocycles. The van der Waals surface area contributed by atoms with E-state index < -0.39 is 5.97 Å². The van der Waals surface area contributed by atoms with Gasteiger partial charge in [-0.25, -0.2) is 9.78 Å². The highest BCUT2D eigenvalue weighted by molar-refractivity contribution is 7.19. The Morgan fingerprint density at radius 3 is 3.00 bits per heavy atom. The van der Waals surface area contributed by atoms with Crippen LogP contribution in [0, 0.1) is 0 Å². The van der Waals surface area contributed by atoms with Crippen LogP contribution < -0.4 is 5.73 Å². The maximum Gasteiger partial charge on any atom is 0.356 e. The first-order valence-corrected chi connectivity index (χ1v) is 7.09. The zero-order valence-corrected chi connectivity index (χ0v) is 11.5. The summed E-state index contributed by atoms with van der Waals surface area (Å²) in [7, 11) is 0. The van der Waals surface area contributed by atoms with E-state index in [1.807, 2.05) is 10.6 Å². The molecule has 0 amide bonds. The summed E-state index contributed by atoms with van der Waals surface area (Å²) in [6.45, 7) is 0.598. The van der Waals surface area contributed by atoms with Gasteiger partial charge in [-0.15, -0.1) is 11.3 Å². The topological polar surface area (TPSA) is 81.1 Å². The molecule has 0 spiro atoms. The third-order valence-electron chi connectivity index (χ3n) is 3.24. The van der Waals surface area contributed by atoms with Crippen molar-refractivity contribution in [2.24, 2.45) is 5.73 Å². The summed E-state index contributed by atoms with van der Waals surface area (Å²) in [6.07, 6.45) is 1.44. The first-order valence-electron chi connectivity index (χ1n) is 5.90. The number of carbonyl (C=O) groups is 1. The number of rotatable bonds is 2. The molecule has 0 aliphatic carbocycles. The monoisotopic (exact) mass is 297 g/mol. The fourth-order valence-corrected chi connectivity index (χ4v) is 3.42. The van der Waals surface area contributed by atoms with Gasteiger partial charge in [-0.1, -0.05) is 11.6 Å². The highest BCUT2D eigenvalue weighted by atomic mass is 35.5. The Hall–Kier alpha value is -1.37. The summed E-state index contributed by atoms with van der Waals surface area (Å²) in [5.74, 6) is -0.340. The Labute approximate surface area is 118 Å². The van der Waals surface area contributed by atoms with E-state index in [1.54, 1.807) is 6.07 Å². The molecule has 19 heavy (non-hydrogen) atoms. The van der Waals surface area contributed by atoms with E-state index >= 15 is 0 Å². The summed E-state index contributed by atoms with van der Waals surface area (Å²) in [4.78, 5) is 16.4. The summed E-state index contributed by atoms with van der Waals surface area (Å²) in [5.41, 5.74) is 6.86. The molecular weight excluding hydrogens is 286 g/mol. The molecule has 1 unspecified atom stereocenters. The van der Waals surface area contributed by atoms with Crippen LogP contribution >= 0.6 is 22.9 Å². The normalized spacial score (nSPS) is 18.3. The van der Waals surface area contributed by atoms with Crippen LogP contribution in [-0.2, 0) is 13.0 Å². The minimum atomic E-state index is -0.992. The maximum absolute atomic E-state index is 11.3. The molecule has 3 heterocycles. The molecule has 2 aromatic rings. The third kappa shape index (κ3) is 2.16. The van der Waals surface area contributed by atoms with E-state index in [0.717, 1.165) is 17.0 Å². The van der Waals surface area contributed by atoms with Crippen molar-refractivity contribution in [1.29, 1.82) is 0 Å². The molecular formula is C12H12ClN3O2S. The van der Waals surface area contributed by atoms with Gasteiger partial charge in [0, 0.05) is 12.6 Å². The van der Waals surface area contributed by atoms with Crippen LogP contribution in [0.2, 0.25) is 4.34 Å². The van der Waals surface area contributed by atoms with Crippen LogP contribution in [0.5, 0.6) is 0 Å². The fourth-order valence-electron chi connectivity index (χ4n) is 2.38. The van der Waals surface area contributed by atoms with E-state index in [4.69, 9.17) is 17.3 Å². The van der Waals surface area contributed by atoms with Crippen LogP contribution in [0.3, 0.4) is 0 Å². The lowest BCUT2D eigenvalue weighted by Gasteiger charge is -2.22. The highest BCUT2D eigenvalue weighted by Crippen LogP contribution is 2.33. The van der Waals surface area contributed by atoms with Gasteiger partial charge in [0.2, 0.25) is 0 Å². The standard InChI is InChI=1S/C12H12ClN3O2S/c13-9-4-3-8(19-9)11-15-10(12(17)18)7-2-1-6(14)5-16(7)11/h3-4,6H,1-2,5,14H2,(H,17,18). The Morgan fingerprint density at radius 1 is 1.58 bits per heavy atom. The Bertz CT molecular complexity index is 649.